The van der Waals surface area contributed by atoms with Crippen LogP contribution in [-0.2, 0) is 23.4 Å². The Morgan fingerprint density at radius 1 is 0.925 bits per heavy atom. The first-order valence-corrected chi connectivity index (χ1v) is 13.9. The van der Waals surface area contributed by atoms with Crippen molar-refractivity contribution >= 4 is 35.1 Å². The summed E-state index contributed by atoms with van der Waals surface area (Å²) in [4.78, 5) is 15.6. The van der Waals surface area contributed by atoms with Crippen molar-refractivity contribution in [1.82, 2.24) is 4.90 Å². The summed E-state index contributed by atoms with van der Waals surface area (Å²) >= 11 is 1.30. The number of ether oxygens (including phenoxy) is 1. The van der Waals surface area contributed by atoms with Gasteiger partial charge in [-0.05, 0) is 69.8 Å². The van der Waals surface area contributed by atoms with Crippen molar-refractivity contribution in [1.29, 1.82) is 0 Å². The lowest BCUT2D eigenvalue weighted by atomic mass is 9.87. The molecule has 40 heavy (non-hydrogen) atoms. The van der Waals surface area contributed by atoms with Crippen LogP contribution in [0.15, 0.2) is 117 Å². The van der Waals surface area contributed by atoms with Gasteiger partial charge in [0, 0.05) is 0 Å². The second kappa shape index (κ2) is 12.2. The largest absolute Gasteiger partial charge is 0.489 e. The van der Waals surface area contributed by atoms with E-state index in [-0.39, 0.29) is 17.9 Å². The fourth-order valence-corrected chi connectivity index (χ4v) is 5.02. The highest BCUT2D eigenvalue weighted by atomic mass is 32.2. The quantitative estimate of drug-likeness (QED) is 0.129. The molecule has 3 aromatic carbocycles. The van der Waals surface area contributed by atoms with E-state index >= 15 is 0 Å². The third-order valence-electron chi connectivity index (χ3n) is 6.31. The highest BCUT2D eigenvalue weighted by molar-refractivity contribution is 8.18. The number of hydrogen-bond acceptors (Lipinski definition) is 6. The lowest BCUT2D eigenvalue weighted by Crippen LogP contribution is -2.28. The summed E-state index contributed by atoms with van der Waals surface area (Å²) in [6.07, 6.45) is 5.15. The smallest absolute Gasteiger partial charge is 0.267 e. The number of hydrogen-bond donors (Lipinski definition) is 0. The summed E-state index contributed by atoms with van der Waals surface area (Å²) in [5, 5.41) is 9.23. The summed E-state index contributed by atoms with van der Waals surface area (Å²) in [5.41, 5.74) is 4.21. The summed E-state index contributed by atoms with van der Waals surface area (Å²) in [7, 11) is 0. The normalized spacial score (nSPS) is 16.0. The first-order chi connectivity index (χ1) is 19.3. The van der Waals surface area contributed by atoms with E-state index in [4.69, 9.17) is 9.15 Å². The third-order valence-corrected chi connectivity index (χ3v) is 7.31. The van der Waals surface area contributed by atoms with Gasteiger partial charge in [0.15, 0.2) is 5.17 Å². The zero-order valence-electron chi connectivity index (χ0n) is 22.8. The fraction of sp³-hybridized carbons (Fsp3) is 0.182. The molecule has 0 N–H and O–H groups in total. The van der Waals surface area contributed by atoms with Crippen LogP contribution in [0.25, 0.3) is 6.08 Å². The molecule has 0 aliphatic carbocycles. The Kier molecular flexibility index (Phi) is 8.31. The number of nitrogens with zero attached hydrogens (tertiary/aromatic N) is 3. The molecule has 0 saturated carbocycles. The Labute approximate surface area is 239 Å². The lowest BCUT2D eigenvalue weighted by Gasteiger charge is -2.18. The van der Waals surface area contributed by atoms with Crippen molar-refractivity contribution in [2.45, 2.75) is 39.3 Å². The first kappa shape index (κ1) is 27.2. The highest BCUT2D eigenvalue weighted by Crippen LogP contribution is 2.34. The van der Waals surface area contributed by atoms with Crippen molar-refractivity contribution in [2.24, 2.45) is 10.2 Å². The van der Waals surface area contributed by atoms with E-state index in [1.165, 1.54) is 17.3 Å². The molecular formula is C33H31N3O3S. The SMILES string of the molecule is CC(C)(C)c1ccc(/C=C2\S/C(=N\N=C\c3cccc(OCc4ccccc4)c3)N(Cc3ccco3)C2=O)cc1. The van der Waals surface area contributed by atoms with E-state index in [9.17, 15) is 4.79 Å². The minimum atomic E-state index is -0.133. The van der Waals surface area contributed by atoms with Crippen LogP contribution < -0.4 is 4.74 Å². The molecule has 0 radical (unpaired) electrons. The maximum absolute atomic E-state index is 13.4. The minimum Gasteiger partial charge on any atom is -0.489 e. The molecule has 1 aliphatic rings. The maximum Gasteiger partial charge on any atom is 0.267 e. The Morgan fingerprint density at radius 2 is 1.73 bits per heavy atom. The Bertz CT molecular complexity index is 1530. The molecule has 0 spiro atoms. The second-order valence-electron chi connectivity index (χ2n) is 10.4. The van der Waals surface area contributed by atoms with Crippen LogP contribution in [0.3, 0.4) is 0 Å². The van der Waals surface area contributed by atoms with Gasteiger partial charge in [-0.2, -0.15) is 5.10 Å². The molecule has 1 aliphatic heterocycles. The zero-order chi connectivity index (χ0) is 28.0. The number of furan rings is 1. The summed E-state index contributed by atoms with van der Waals surface area (Å²) < 4.78 is 11.4. The van der Waals surface area contributed by atoms with Crippen molar-refractivity contribution in [3.8, 4) is 5.75 Å². The molecule has 202 valence electrons. The van der Waals surface area contributed by atoms with Gasteiger partial charge in [0.2, 0.25) is 0 Å². The average Bonchev–Trinajstić information content (AvgIpc) is 3.57. The van der Waals surface area contributed by atoms with Crippen molar-refractivity contribution in [3.05, 3.63) is 130 Å². The number of carbonyl (C=O) groups is 1. The van der Waals surface area contributed by atoms with Crippen LogP contribution in [-0.4, -0.2) is 22.2 Å². The number of thioether (sulfide) groups is 1. The molecule has 4 aromatic rings. The van der Waals surface area contributed by atoms with Gasteiger partial charge >= 0.3 is 0 Å². The number of rotatable bonds is 8. The predicted octanol–water partition coefficient (Wildman–Crippen LogP) is 7.66. The van der Waals surface area contributed by atoms with Crippen LogP contribution in [0.4, 0.5) is 0 Å². The van der Waals surface area contributed by atoms with Gasteiger partial charge < -0.3 is 9.15 Å². The summed E-state index contributed by atoms with van der Waals surface area (Å²) in [6.45, 7) is 7.30. The summed E-state index contributed by atoms with van der Waals surface area (Å²) in [6, 6.07) is 29.6. The molecule has 6 nitrogen and oxygen atoms in total. The van der Waals surface area contributed by atoms with Crippen LogP contribution >= 0.6 is 11.8 Å². The molecule has 0 bridgehead atoms. The van der Waals surface area contributed by atoms with Gasteiger partial charge in [-0.25, -0.2) is 0 Å². The highest BCUT2D eigenvalue weighted by Gasteiger charge is 2.34. The van der Waals surface area contributed by atoms with Gasteiger partial charge in [-0.3, -0.25) is 9.69 Å². The van der Waals surface area contributed by atoms with Gasteiger partial charge in [-0.1, -0.05) is 87.5 Å². The second-order valence-corrected chi connectivity index (χ2v) is 11.4. The molecule has 0 unspecified atom stereocenters. The van der Waals surface area contributed by atoms with Crippen LogP contribution in [0, 0.1) is 0 Å². The van der Waals surface area contributed by atoms with E-state index in [0.717, 1.165) is 22.4 Å². The van der Waals surface area contributed by atoms with Gasteiger partial charge in [0.05, 0.1) is 23.9 Å². The van der Waals surface area contributed by atoms with Crippen molar-refractivity contribution < 1.29 is 13.9 Å². The van der Waals surface area contributed by atoms with Crippen LogP contribution in [0.1, 0.15) is 48.8 Å². The number of carbonyl (C=O) groups excluding carboxylic acids is 1. The molecule has 1 saturated heterocycles. The minimum absolute atomic E-state index is 0.0643. The Hall–Kier alpha value is -4.36. The van der Waals surface area contributed by atoms with Crippen molar-refractivity contribution in [3.63, 3.8) is 0 Å². The van der Waals surface area contributed by atoms with Crippen LogP contribution in [0.5, 0.6) is 5.75 Å². The van der Waals surface area contributed by atoms with E-state index in [2.05, 4.69) is 43.1 Å². The monoisotopic (exact) mass is 549 g/mol. The molecule has 5 rings (SSSR count). The van der Waals surface area contributed by atoms with E-state index in [1.54, 1.807) is 23.4 Å². The lowest BCUT2D eigenvalue weighted by molar-refractivity contribution is -0.122. The zero-order valence-corrected chi connectivity index (χ0v) is 23.6. The Morgan fingerprint density at radius 3 is 2.45 bits per heavy atom. The number of benzene rings is 3. The first-order valence-electron chi connectivity index (χ1n) is 13.1. The molecule has 0 atom stereocenters. The Balaban J connectivity index is 1.33. The third kappa shape index (κ3) is 6.98. The molecule has 1 fully saturated rings. The summed E-state index contributed by atoms with van der Waals surface area (Å²) in [5.74, 6) is 1.28. The van der Waals surface area contributed by atoms with Crippen LogP contribution in [0.2, 0.25) is 0 Å². The van der Waals surface area contributed by atoms with Gasteiger partial charge in [-0.15, -0.1) is 5.10 Å². The molecular weight excluding hydrogens is 518 g/mol. The number of amides is 1. The molecule has 2 heterocycles. The molecule has 1 amide bonds. The molecule has 1 aromatic heterocycles. The predicted molar refractivity (Wildman–Crippen MR) is 162 cm³/mol. The van der Waals surface area contributed by atoms with Gasteiger partial charge in [0.1, 0.15) is 18.1 Å². The average molecular weight is 550 g/mol. The maximum atomic E-state index is 13.4. The standard InChI is InChI=1S/C33H31N3O3S/c1-33(2,3)27-16-14-24(15-17-27)20-30-31(37)36(22-29-13-8-18-38-29)32(40-30)35-34-21-26-11-7-12-28(19-26)39-23-25-9-5-4-6-10-25/h4-21H,22-23H2,1-3H3/b30-20-,34-21+,35-32-. The van der Waals surface area contributed by atoms with E-state index < -0.39 is 0 Å². The fourth-order valence-electron chi connectivity index (χ4n) is 4.08. The topological polar surface area (TPSA) is 67.4 Å². The van der Waals surface area contributed by atoms with E-state index in [0.29, 0.717) is 22.4 Å². The molecule has 7 heteroatoms. The number of amidine groups is 1. The van der Waals surface area contributed by atoms with E-state index in [1.807, 2.05) is 78.9 Å². The van der Waals surface area contributed by atoms with Gasteiger partial charge in [0.25, 0.3) is 5.91 Å². The van der Waals surface area contributed by atoms with Crippen molar-refractivity contribution in [2.75, 3.05) is 0 Å².